The van der Waals surface area contributed by atoms with Gasteiger partial charge >= 0.3 is 0 Å². The second-order valence-electron chi connectivity index (χ2n) is 3.90. The van der Waals surface area contributed by atoms with Crippen LogP contribution < -0.4 is 0 Å². The Balaban J connectivity index is 3.46. The molecule has 2 atom stereocenters. The Kier molecular flexibility index (Phi) is 7.16. The van der Waals surface area contributed by atoms with Gasteiger partial charge in [-0.2, -0.15) is 0 Å². The summed E-state index contributed by atoms with van der Waals surface area (Å²) in [5.41, 5.74) is 0. The lowest BCUT2D eigenvalue weighted by atomic mass is 10.1. The van der Waals surface area contributed by atoms with E-state index in [-0.39, 0.29) is 0 Å². The minimum Gasteiger partial charge on any atom is -0.305 e. The smallest absolute Gasteiger partial charge is 0.0244 e. The summed E-state index contributed by atoms with van der Waals surface area (Å²) in [6.07, 6.45) is 2.65. The molecule has 0 radical (unpaired) electrons. The Morgan fingerprint density at radius 1 is 1.25 bits per heavy atom. The molecule has 0 saturated carbocycles. The Bertz CT molecular complexity index is 104. The molecule has 1 nitrogen and oxygen atoms in total. The lowest BCUT2D eigenvalue weighted by molar-refractivity contribution is 0.281. The van der Waals surface area contributed by atoms with E-state index in [2.05, 4.69) is 48.6 Å². The molecule has 0 N–H and O–H groups in total. The third-order valence-electron chi connectivity index (χ3n) is 1.97. The van der Waals surface area contributed by atoms with E-state index in [1.54, 1.807) is 0 Å². The molecule has 0 spiro atoms. The van der Waals surface area contributed by atoms with Crippen molar-refractivity contribution < 1.29 is 0 Å². The van der Waals surface area contributed by atoms with Gasteiger partial charge in [0.1, 0.15) is 0 Å². The zero-order valence-corrected chi connectivity index (χ0v) is 10.4. The molecular formula is C10H22BrN. The highest BCUT2D eigenvalue weighted by Gasteiger charge is 2.06. The van der Waals surface area contributed by atoms with Crippen molar-refractivity contribution in [3.05, 3.63) is 0 Å². The lowest BCUT2D eigenvalue weighted by Crippen LogP contribution is -2.29. The maximum atomic E-state index is 3.56. The van der Waals surface area contributed by atoms with Gasteiger partial charge in [-0.15, -0.1) is 0 Å². The van der Waals surface area contributed by atoms with Crippen LogP contribution >= 0.6 is 15.9 Å². The van der Waals surface area contributed by atoms with E-state index in [9.17, 15) is 0 Å². The summed E-state index contributed by atoms with van der Waals surface area (Å²) >= 11 is 3.56. The average molecular weight is 236 g/mol. The van der Waals surface area contributed by atoms with E-state index < -0.39 is 0 Å². The van der Waals surface area contributed by atoms with Crippen molar-refractivity contribution in [1.82, 2.24) is 4.90 Å². The fourth-order valence-electron chi connectivity index (χ4n) is 1.62. The molecule has 0 aromatic rings. The van der Waals surface area contributed by atoms with Gasteiger partial charge in [-0.25, -0.2) is 0 Å². The first-order valence-corrected chi connectivity index (χ1v) is 5.80. The van der Waals surface area contributed by atoms with Crippen LogP contribution in [0, 0.1) is 5.92 Å². The molecule has 0 aliphatic carbocycles. The molecule has 0 aromatic heterocycles. The minimum absolute atomic E-state index is 0.608. The number of rotatable bonds is 6. The molecule has 0 aliphatic heterocycles. The second-order valence-corrected chi connectivity index (χ2v) is 5.46. The van der Waals surface area contributed by atoms with E-state index in [1.165, 1.54) is 19.4 Å². The minimum atomic E-state index is 0.608. The van der Waals surface area contributed by atoms with Gasteiger partial charge in [0.25, 0.3) is 0 Å². The van der Waals surface area contributed by atoms with Crippen LogP contribution in [0.3, 0.4) is 0 Å². The first-order valence-electron chi connectivity index (χ1n) is 4.88. The molecule has 0 bridgehead atoms. The number of halogens is 1. The highest BCUT2D eigenvalue weighted by atomic mass is 79.9. The first kappa shape index (κ1) is 12.4. The van der Waals surface area contributed by atoms with Gasteiger partial charge in [0.2, 0.25) is 0 Å². The van der Waals surface area contributed by atoms with Crippen LogP contribution in [0.25, 0.3) is 0 Å². The molecule has 0 amide bonds. The number of hydrogen-bond acceptors (Lipinski definition) is 1. The largest absolute Gasteiger partial charge is 0.305 e. The quantitative estimate of drug-likeness (QED) is 0.640. The monoisotopic (exact) mass is 235 g/mol. The summed E-state index contributed by atoms with van der Waals surface area (Å²) in [6.45, 7) is 9.15. The Labute approximate surface area is 85.7 Å². The highest BCUT2D eigenvalue weighted by molar-refractivity contribution is 9.09. The highest BCUT2D eigenvalue weighted by Crippen LogP contribution is 2.08. The van der Waals surface area contributed by atoms with Gasteiger partial charge in [0.15, 0.2) is 0 Å². The first-order chi connectivity index (χ1) is 5.56. The predicted octanol–water partition coefficient (Wildman–Crippen LogP) is 3.14. The molecule has 0 saturated heterocycles. The number of hydrogen-bond donors (Lipinski definition) is 0. The molecule has 74 valence electrons. The third kappa shape index (κ3) is 7.11. The van der Waals surface area contributed by atoms with Gasteiger partial charge in [-0.3, -0.25) is 0 Å². The molecule has 0 aromatic carbocycles. The van der Waals surface area contributed by atoms with Crippen molar-refractivity contribution in [2.75, 3.05) is 20.1 Å². The molecule has 2 heteroatoms. The summed E-state index contributed by atoms with van der Waals surface area (Å²) in [5, 5.41) is 0. The van der Waals surface area contributed by atoms with Crippen LogP contribution in [0.2, 0.25) is 0 Å². The van der Waals surface area contributed by atoms with E-state index in [0.29, 0.717) is 4.83 Å². The summed E-state index contributed by atoms with van der Waals surface area (Å²) < 4.78 is 0. The molecule has 2 unspecified atom stereocenters. The van der Waals surface area contributed by atoms with Gasteiger partial charge in [0, 0.05) is 17.9 Å². The fourth-order valence-corrected chi connectivity index (χ4v) is 2.11. The normalized spacial score (nSPS) is 16.5. The topological polar surface area (TPSA) is 3.24 Å². The Morgan fingerprint density at radius 3 is 2.25 bits per heavy atom. The van der Waals surface area contributed by atoms with Gasteiger partial charge < -0.3 is 4.90 Å². The average Bonchev–Trinajstić information content (AvgIpc) is 1.84. The van der Waals surface area contributed by atoms with E-state index in [0.717, 1.165) is 12.5 Å². The summed E-state index contributed by atoms with van der Waals surface area (Å²) in [4.78, 5) is 3.01. The summed E-state index contributed by atoms with van der Waals surface area (Å²) in [6, 6.07) is 0. The van der Waals surface area contributed by atoms with Crippen LogP contribution in [0.5, 0.6) is 0 Å². The maximum Gasteiger partial charge on any atom is 0.0244 e. The van der Waals surface area contributed by atoms with E-state index in [4.69, 9.17) is 0 Å². The van der Waals surface area contributed by atoms with Crippen LogP contribution in [0.15, 0.2) is 0 Å². The fraction of sp³-hybridized carbons (Fsp3) is 1.00. The molecule has 0 rings (SSSR count). The SMILES string of the molecule is CCCC(C)CN(C)CC(C)Br. The maximum absolute atomic E-state index is 3.56. The zero-order chi connectivity index (χ0) is 9.56. The zero-order valence-electron chi connectivity index (χ0n) is 8.81. The van der Waals surface area contributed by atoms with Crippen LogP contribution in [-0.4, -0.2) is 29.9 Å². The number of nitrogens with zero attached hydrogens (tertiary/aromatic N) is 1. The molecule has 0 fully saturated rings. The van der Waals surface area contributed by atoms with E-state index in [1.807, 2.05) is 0 Å². The second kappa shape index (κ2) is 6.90. The molecule has 0 heterocycles. The lowest BCUT2D eigenvalue weighted by Gasteiger charge is -2.21. The van der Waals surface area contributed by atoms with Crippen LogP contribution in [-0.2, 0) is 0 Å². The van der Waals surface area contributed by atoms with Crippen LogP contribution in [0.4, 0.5) is 0 Å². The molecular weight excluding hydrogens is 214 g/mol. The Hall–Kier alpha value is 0.440. The van der Waals surface area contributed by atoms with Gasteiger partial charge in [0.05, 0.1) is 0 Å². The van der Waals surface area contributed by atoms with Crippen molar-refractivity contribution >= 4 is 15.9 Å². The van der Waals surface area contributed by atoms with Gasteiger partial charge in [-0.05, 0) is 19.4 Å². The van der Waals surface area contributed by atoms with Crippen molar-refractivity contribution in [1.29, 1.82) is 0 Å². The predicted molar refractivity (Wildman–Crippen MR) is 60.0 cm³/mol. The van der Waals surface area contributed by atoms with Crippen molar-refractivity contribution in [3.63, 3.8) is 0 Å². The van der Waals surface area contributed by atoms with Gasteiger partial charge in [-0.1, -0.05) is 43.1 Å². The van der Waals surface area contributed by atoms with Crippen molar-refractivity contribution in [2.24, 2.45) is 5.92 Å². The summed E-state index contributed by atoms with van der Waals surface area (Å²) in [7, 11) is 2.20. The molecule has 0 aliphatic rings. The number of alkyl halides is 1. The molecule has 12 heavy (non-hydrogen) atoms. The van der Waals surface area contributed by atoms with Crippen molar-refractivity contribution in [3.8, 4) is 0 Å². The Morgan fingerprint density at radius 2 is 1.83 bits per heavy atom. The standard InChI is InChI=1S/C10H22BrN/c1-5-6-9(2)7-12(4)8-10(3)11/h9-10H,5-8H2,1-4H3. The van der Waals surface area contributed by atoms with Crippen molar-refractivity contribution in [2.45, 2.75) is 38.4 Å². The van der Waals surface area contributed by atoms with E-state index >= 15 is 0 Å². The van der Waals surface area contributed by atoms with Crippen LogP contribution in [0.1, 0.15) is 33.6 Å². The third-order valence-corrected chi connectivity index (χ3v) is 2.26. The summed E-state index contributed by atoms with van der Waals surface area (Å²) in [5.74, 6) is 0.839.